The van der Waals surface area contributed by atoms with Crippen LogP contribution in [0.3, 0.4) is 0 Å². The number of rotatable bonds is 9. The van der Waals surface area contributed by atoms with Gasteiger partial charge < -0.3 is 5.32 Å². The predicted octanol–water partition coefficient (Wildman–Crippen LogP) is 10.0. The molecule has 0 amide bonds. The fourth-order valence-electron chi connectivity index (χ4n) is 4.56. The fourth-order valence-corrected chi connectivity index (χ4v) is 5.47. The van der Waals surface area contributed by atoms with Crippen LogP contribution < -0.4 is 5.32 Å². The minimum Gasteiger partial charge on any atom is -0.356 e. The molecule has 4 rings (SSSR count). The first-order valence-corrected chi connectivity index (χ1v) is 13.6. The summed E-state index contributed by atoms with van der Waals surface area (Å²) in [7, 11) is 0. The van der Waals surface area contributed by atoms with Gasteiger partial charge in [-0.05, 0) is 89.9 Å². The van der Waals surface area contributed by atoms with Gasteiger partial charge in [0.2, 0.25) is 0 Å². The van der Waals surface area contributed by atoms with E-state index in [0.29, 0.717) is 0 Å². The molecule has 1 unspecified atom stereocenters. The van der Waals surface area contributed by atoms with Crippen LogP contribution >= 0.6 is 22.6 Å². The molecule has 0 fully saturated rings. The minimum absolute atomic E-state index is 0.0376. The summed E-state index contributed by atoms with van der Waals surface area (Å²) in [5, 5.41) is 3.56. The highest BCUT2D eigenvalue weighted by Crippen LogP contribution is 2.53. The van der Waals surface area contributed by atoms with Crippen molar-refractivity contribution in [2.75, 3.05) is 5.32 Å². The van der Waals surface area contributed by atoms with Gasteiger partial charge in [-0.25, -0.2) is 0 Å². The van der Waals surface area contributed by atoms with Crippen LogP contribution in [0.25, 0.3) is 16.7 Å². The Labute approximate surface area is 230 Å². The lowest BCUT2D eigenvalue weighted by molar-refractivity contribution is 0.916. The first kappa shape index (κ1) is 26.0. The molecule has 0 aromatic heterocycles. The van der Waals surface area contributed by atoms with Crippen molar-refractivity contribution in [3.63, 3.8) is 0 Å². The van der Waals surface area contributed by atoms with Crippen molar-refractivity contribution in [2.45, 2.75) is 37.0 Å². The number of halogens is 1. The Kier molecular flexibility index (Phi) is 8.48. The lowest BCUT2D eigenvalue weighted by Crippen LogP contribution is -2.10. The third-order valence-electron chi connectivity index (χ3n) is 6.65. The van der Waals surface area contributed by atoms with Crippen molar-refractivity contribution in [3.05, 3.63) is 144 Å². The molecule has 36 heavy (non-hydrogen) atoms. The average molecular weight is 584 g/mol. The van der Waals surface area contributed by atoms with Gasteiger partial charge in [0.05, 0.1) is 3.42 Å². The largest absolute Gasteiger partial charge is 0.356 e. The van der Waals surface area contributed by atoms with Gasteiger partial charge in [0, 0.05) is 11.4 Å². The Morgan fingerprint density at radius 2 is 1.64 bits per heavy atom. The maximum Gasteiger partial charge on any atom is 0.0703 e. The topological polar surface area (TPSA) is 12.0 Å². The van der Waals surface area contributed by atoms with E-state index in [1.165, 1.54) is 39.0 Å². The molecule has 1 atom stereocenters. The molecule has 1 nitrogen and oxygen atoms in total. The molecule has 1 aliphatic rings. The van der Waals surface area contributed by atoms with Crippen molar-refractivity contribution in [3.8, 4) is 11.1 Å². The predicted molar refractivity (Wildman–Crippen MR) is 167 cm³/mol. The Morgan fingerprint density at radius 1 is 0.917 bits per heavy atom. The Balaban J connectivity index is 1.47. The standard InChI is InChI=1S/C34H34IN/c1-5-7-8-9-10-13-26-17-19-27(20-18-26)25(3)16-21-28(6-2)36-29-22-23-31-30-14-11-12-15-32(30)34(4,35)33(31)24-29/h6-12,14-24,36H,2,5,13H2,1,3-4H3/b8-7-,10-9-,25-16+,28-21+. The zero-order valence-electron chi connectivity index (χ0n) is 21.4. The molecule has 0 aliphatic heterocycles. The van der Waals surface area contributed by atoms with Gasteiger partial charge in [-0.3, -0.25) is 0 Å². The maximum atomic E-state index is 4.03. The van der Waals surface area contributed by atoms with Crippen molar-refractivity contribution in [1.82, 2.24) is 0 Å². The van der Waals surface area contributed by atoms with E-state index >= 15 is 0 Å². The zero-order valence-corrected chi connectivity index (χ0v) is 23.5. The third-order valence-corrected chi connectivity index (χ3v) is 7.81. The van der Waals surface area contributed by atoms with E-state index in [4.69, 9.17) is 0 Å². The van der Waals surface area contributed by atoms with E-state index < -0.39 is 0 Å². The van der Waals surface area contributed by atoms with Crippen LogP contribution in [-0.2, 0) is 9.84 Å². The summed E-state index contributed by atoms with van der Waals surface area (Å²) in [6.07, 6.45) is 16.7. The zero-order chi connectivity index (χ0) is 25.5. The van der Waals surface area contributed by atoms with E-state index in [9.17, 15) is 0 Å². The molecule has 3 aromatic rings. The number of fused-ring (bicyclic) bond motifs is 3. The number of hydrogen-bond donors (Lipinski definition) is 1. The van der Waals surface area contributed by atoms with Gasteiger partial charge in [0.1, 0.15) is 0 Å². The van der Waals surface area contributed by atoms with Crippen LogP contribution in [0.2, 0.25) is 0 Å². The molecular formula is C34H34IN. The summed E-state index contributed by atoms with van der Waals surface area (Å²) in [6.45, 7) is 10.6. The van der Waals surface area contributed by atoms with Crippen LogP contribution in [0.1, 0.15) is 49.4 Å². The summed E-state index contributed by atoms with van der Waals surface area (Å²) < 4.78 is -0.0376. The summed E-state index contributed by atoms with van der Waals surface area (Å²) >= 11 is 2.58. The molecule has 2 heteroatoms. The van der Waals surface area contributed by atoms with Crippen LogP contribution in [0, 0.1) is 0 Å². The van der Waals surface area contributed by atoms with E-state index in [-0.39, 0.29) is 3.42 Å². The fraction of sp³-hybridized carbons (Fsp3) is 0.176. The second-order valence-corrected chi connectivity index (χ2v) is 11.4. The molecule has 0 saturated heterocycles. The monoisotopic (exact) mass is 583 g/mol. The van der Waals surface area contributed by atoms with Crippen molar-refractivity contribution in [1.29, 1.82) is 0 Å². The van der Waals surface area contributed by atoms with Crippen LogP contribution in [-0.4, -0.2) is 0 Å². The molecule has 0 radical (unpaired) electrons. The first-order valence-electron chi connectivity index (χ1n) is 12.6. The number of alkyl halides is 1. The van der Waals surface area contributed by atoms with Gasteiger partial charge in [0.25, 0.3) is 0 Å². The number of anilines is 1. The van der Waals surface area contributed by atoms with Crippen molar-refractivity contribution in [2.24, 2.45) is 0 Å². The highest BCUT2D eigenvalue weighted by molar-refractivity contribution is 14.1. The quantitative estimate of drug-likeness (QED) is 0.150. The molecule has 0 heterocycles. The van der Waals surface area contributed by atoms with E-state index in [1.807, 2.05) is 6.08 Å². The Hall–Kier alpha value is -3.11. The second kappa shape index (κ2) is 11.7. The third kappa shape index (κ3) is 5.82. The highest BCUT2D eigenvalue weighted by atomic mass is 127. The van der Waals surface area contributed by atoms with E-state index in [0.717, 1.165) is 24.2 Å². The average Bonchev–Trinajstić information content (AvgIpc) is 3.13. The SMILES string of the molecule is C=C/C(=C\C=C(/C)c1ccc(C/C=C\C=C/CC)cc1)Nc1ccc2c(c1)C(C)(I)c1ccccc1-2. The Morgan fingerprint density at radius 3 is 2.39 bits per heavy atom. The molecule has 0 bridgehead atoms. The van der Waals surface area contributed by atoms with Crippen LogP contribution in [0.15, 0.2) is 122 Å². The highest BCUT2D eigenvalue weighted by Gasteiger charge is 2.36. The lowest BCUT2D eigenvalue weighted by Gasteiger charge is -2.20. The molecule has 1 N–H and O–H groups in total. The minimum atomic E-state index is -0.0376. The van der Waals surface area contributed by atoms with Gasteiger partial charge >= 0.3 is 0 Å². The van der Waals surface area contributed by atoms with Crippen LogP contribution in [0.5, 0.6) is 0 Å². The van der Waals surface area contributed by atoms with Crippen molar-refractivity contribution >= 4 is 33.9 Å². The smallest absolute Gasteiger partial charge is 0.0703 e. The normalized spacial score (nSPS) is 17.4. The summed E-state index contributed by atoms with van der Waals surface area (Å²) in [6, 6.07) is 24.2. The lowest BCUT2D eigenvalue weighted by atomic mass is 9.99. The first-order chi connectivity index (χ1) is 17.4. The van der Waals surface area contributed by atoms with Gasteiger partial charge in [0.15, 0.2) is 0 Å². The van der Waals surface area contributed by atoms with Crippen molar-refractivity contribution < 1.29 is 0 Å². The van der Waals surface area contributed by atoms with Gasteiger partial charge in [-0.15, -0.1) is 0 Å². The van der Waals surface area contributed by atoms with Crippen LogP contribution in [0.4, 0.5) is 5.69 Å². The summed E-state index contributed by atoms with van der Waals surface area (Å²) in [5.74, 6) is 0. The Bertz CT molecular complexity index is 1350. The summed E-state index contributed by atoms with van der Waals surface area (Å²) in [4.78, 5) is 0. The second-order valence-electron chi connectivity index (χ2n) is 9.28. The number of nitrogens with one attached hydrogen (secondary N) is 1. The number of hydrogen-bond acceptors (Lipinski definition) is 1. The maximum absolute atomic E-state index is 4.03. The number of benzene rings is 3. The molecular weight excluding hydrogens is 549 g/mol. The molecule has 0 saturated carbocycles. The number of allylic oxidation sites excluding steroid dienone is 8. The molecule has 3 aromatic carbocycles. The molecule has 1 aliphatic carbocycles. The van der Waals surface area contributed by atoms with Gasteiger partial charge in [-0.1, -0.05) is 121 Å². The van der Waals surface area contributed by atoms with E-state index in [2.05, 4.69) is 158 Å². The van der Waals surface area contributed by atoms with Gasteiger partial charge in [-0.2, -0.15) is 0 Å². The summed E-state index contributed by atoms with van der Waals surface area (Å²) in [5.41, 5.74) is 11.2. The van der Waals surface area contributed by atoms with E-state index in [1.54, 1.807) is 0 Å². The molecule has 0 spiro atoms. The molecule has 182 valence electrons.